The van der Waals surface area contributed by atoms with Crippen molar-refractivity contribution in [3.63, 3.8) is 0 Å². The molecule has 0 heterocycles. The van der Waals surface area contributed by atoms with Gasteiger partial charge in [-0.25, -0.2) is 0 Å². The average Bonchev–Trinajstić information content (AvgIpc) is 2.41. The lowest BCUT2D eigenvalue weighted by atomic mass is 10.1. The highest BCUT2D eigenvalue weighted by molar-refractivity contribution is 9.10. The first kappa shape index (κ1) is 14.6. The molecular weight excluding hydrogens is 314 g/mol. The number of aryl methyl sites for hydroxylation is 1. The van der Waals surface area contributed by atoms with E-state index in [0.29, 0.717) is 0 Å². The predicted octanol–water partition coefficient (Wildman–Crippen LogP) is 3.68. The quantitative estimate of drug-likeness (QED) is 0.663. The minimum absolute atomic E-state index is 0.0819. The van der Waals surface area contributed by atoms with Crippen LogP contribution in [0.1, 0.15) is 16.7 Å². The summed E-state index contributed by atoms with van der Waals surface area (Å²) in [5, 5.41) is 7.45. The van der Waals surface area contributed by atoms with Crippen LogP contribution >= 0.6 is 15.9 Å². The highest BCUT2D eigenvalue weighted by Gasteiger charge is 2.08. The number of halogens is 1. The van der Waals surface area contributed by atoms with E-state index in [4.69, 9.17) is 11.1 Å². The van der Waals surface area contributed by atoms with Gasteiger partial charge in [0.2, 0.25) is 0 Å². The van der Waals surface area contributed by atoms with Gasteiger partial charge in [0, 0.05) is 23.6 Å². The summed E-state index contributed by atoms with van der Waals surface area (Å²) in [6, 6.07) is 14.3. The van der Waals surface area contributed by atoms with E-state index >= 15 is 0 Å². The molecule has 3 nitrogen and oxygen atoms in total. The van der Waals surface area contributed by atoms with E-state index in [1.807, 2.05) is 25.2 Å². The van der Waals surface area contributed by atoms with Gasteiger partial charge in [-0.15, -0.1) is 0 Å². The normalized spacial score (nSPS) is 10.3. The van der Waals surface area contributed by atoms with Gasteiger partial charge < -0.3 is 10.6 Å². The van der Waals surface area contributed by atoms with Gasteiger partial charge in [-0.1, -0.05) is 29.8 Å². The largest absolute Gasteiger partial charge is 0.384 e. The Morgan fingerprint density at radius 1 is 1.20 bits per heavy atom. The van der Waals surface area contributed by atoms with Crippen LogP contribution in [0.15, 0.2) is 46.9 Å². The van der Waals surface area contributed by atoms with Crippen molar-refractivity contribution in [3.8, 4) is 0 Å². The Kier molecular flexibility index (Phi) is 4.45. The smallest absolute Gasteiger partial charge is 0.122 e. The number of anilines is 1. The predicted molar refractivity (Wildman–Crippen MR) is 88.4 cm³/mol. The molecule has 2 rings (SSSR count). The topological polar surface area (TPSA) is 53.1 Å². The molecule has 20 heavy (non-hydrogen) atoms. The van der Waals surface area contributed by atoms with Crippen molar-refractivity contribution in [2.45, 2.75) is 13.5 Å². The molecule has 0 spiro atoms. The molecule has 0 aromatic heterocycles. The van der Waals surface area contributed by atoms with Crippen molar-refractivity contribution in [2.75, 3.05) is 11.9 Å². The molecule has 0 saturated carbocycles. The van der Waals surface area contributed by atoms with Crippen molar-refractivity contribution < 1.29 is 0 Å². The van der Waals surface area contributed by atoms with Gasteiger partial charge in [-0.3, -0.25) is 5.41 Å². The molecule has 0 fully saturated rings. The first-order valence-corrected chi connectivity index (χ1v) is 7.17. The Hall–Kier alpha value is -1.81. The molecule has 0 saturated heterocycles. The third-order valence-corrected chi connectivity index (χ3v) is 3.85. The maximum atomic E-state index is 7.45. The van der Waals surface area contributed by atoms with Crippen molar-refractivity contribution in [1.82, 2.24) is 0 Å². The third-order valence-electron chi connectivity index (χ3n) is 3.21. The summed E-state index contributed by atoms with van der Waals surface area (Å²) >= 11 is 3.55. The van der Waals surface area contributed by atoms with E-state index in [9.17, 15) is 0 Å². The number of amidine groups is 1. The number of rotatable bonds is 4. The molecule has 0 amide bonds. The van der Waals surface area contributed by atoms with Gasteiger partial charge in [-0.2, -0.15) is 0 Å². The van der Waals surface area contributed by atoms with Crippen molar-refractivity contribution in [2.24, 2.45) is 5.73 Å². The van der Waals surface area contributed by atoms with Crippen LogP contribution in [-0.2, 0) is 6.54 Å². The standard InChI is InChI=1S/C16H18BrN3/c1-11-3-5-12(6-4-11)10-20(2)15-8-7-13(16(18)19)9-14(15)17/h3-9H,10H2,1-2H3,(H3,18,19). The van der Waals surface area contributed by atoms with Crippen molar-refractivity contribution in [3.05, 3.63) is 63.6 Å². The van der Waals surface area contributed by atoms with Crippen molar-refractivity contribution in [1.29, 1.82) is 5.41 Å². The van der Waals surface area contributed by atoms with Crippen LogP contribution < -0.4 is 10.6 Å². The van der Waals surface area contributed by atoms with E-state index in [0.717, 1.165) is 22.3 Å². The van der Waals surface area contributed by atoms with E-state index < -0.39 is 0 Å². The number of nitrogens with zero attached hydrogens (tertiary/aromatic N) is 1. The van der Waals surface area contributed by atoms with Crippen LogP contribution in [0.3, 0.4) is 0 Å². The molecule has 0 radical (unpaired) electrons. The van der Waals surface area contributed by atoms with E-state index in [-0.39, 0.29) is 5.84 Å². The highest BCUT2D eigenvalue weighted by atomic mass is 79.9. The molecule has 0 unspecified atom stereocenters. The summed E-state index contributed by atoms with van der Waals surface area (Å²) in [6.45, 7) is 2.92. The molecule has 0 bridgehead atoms. The minimum atomic E-state index is 0.0819. The summed E-state index contributed by atoms with van der Waals surface area (Å²) in [6.07, 6.45) is 0. The second-order valence-corrected chi connectivity index (χ2v) is 5.78. The van der Waals surface area contributed by atoms with Gasteiger partial charge in [0.1, 0.15) is 5.84 Å². The zero-order valence-electron chi connectivity index (χ0n) is 11.7. The molecule has 3 N–H and O–H groups in total. The number of hydrogen-bond donors (Lipinski definition) is 2. The molecule has 2 aromatic carbocycles. The molecule has 104 valence electrons. The zero-order chi connectivity index (χ0) is 14.7. The van der Waals surface area contributed by atoms with E-state index in [1.165, 1.54) is 11.1 Å². The number of benzene rings is 2. The monoisotopic (exact) mass is 331 g/mol. The van der Waals surface area contributed by atoms with Gasteiger partial charge in [0.05, 0.1) is 5.69 Å². The van der Waals surface area contributed by atoms with Crippen molar-refractivity contribution >= 4 is 27.5 Å². The highest BCUT2D eigenvalue weighted by Crippen LogP contribution is 2.27. The van der Waals surface area contributed by atoms with Crippen LogP contribution in [0.25, 0.3) is 0 Å². The first-order valence-electron chi connectivity index (χ1n) is 6.38. The first-order chi connectivity index (χ1) is 9.47. The number of nitrogen functional groups attached to an aromatic ring is 1. The maximum Gasteiger partial charge on any atom is 0.122 e. The molecule has 4 heteroatoms. The third kappa shape index (κ3) is 3.39. The lowest BCUT2D eigenvalue weighted by Crippen LogP contribution is -2.17. The zero-order valence-corrected chi connectivity index (χ0v) is 13.2. The molecule has 0 atom stereocenters. The fraction of sp³-hybridized carbons (Fsp3) is 0.188. The number of nitrogens with two attached hydrogens (primary N) is 1. The van der Waals surface area contributed by atoms with E-state index in [1.54, 1.807) is 0 Å². The Morgan fingerprint density at radius 3 is 2.40 bits per heavy atom. The van der Waals surface area contributed by atoms with Crippen LogP contribution in [0, 0.1) is 12.3 Å². The Balaban J connectivity index is 2.18. The summed E-state index contributed by atoms with van der Waals surface area (Å²) in [5.41, 5.74) is 9.83. The van der Waals surface area contributed by atoms with Crippen LogP contribution in [0.5, 0.6) is 0 Å². The fourth-order valence-electron chi connectivity index (χ4n) is 2.04. The maximum absolute atomic E-state index is 7.45. The minimum Gasteiger partial charge on any atom is -0.384 e. The summed E-state index contributed by atoms with van der Waals surface area (Å²) in [5.74, 6) is 0.0819. The fourth-order valence-corrected chi connectivity index (χ4v) is 2.72. The Labute approximate surface area is 128 Å². The summed E-state index contributed by atoms with van der Waals surface area (Å²) < 4.78 is 0.944. The van der Waals surface area contributed by atoms with Crippen LogP contribution in [0.4, 0.5) is 5.69 Å². The number of hydrogen-bond acceptors (Lipinski definition) is 2. The van der Waals surface area contributed by atoms with Gasteiger partial charge in [0.15, 0.2) is 0 Å². The second-order valence-electron chi connectivity index (χ2n) is 4.92. The molecule has 0 aliphatic rings. The lowest BCUT2D eigenvalue weighted by molar-refractivity contribution is 0.919. The summed E-state index contributed by atoms with van der Waals surface area (Å²) in [7, 11) is 2.05. The van der Waals surface area contributed by atoms with E-state index in [2.05, 4.69) is 52.0 Å². The SMILES string of the molecule is Cc1ccc(CN(C)c2ccc(C(=N)N)cc2Br)cc1. The summed E-state index contributed by atoms with van der Waals surface area (Å²) in [4.78, 5) is 2.17. The van der Waals surface area contributed by atoms with Gasteiger partial charge in [0.25, 0.3) is 0 Å². The number of nitrogens with one attached hydrogen (secondary N) is 1. The molecular formula is C16H18BrN3. The second kappa shape index (κ2) is 6.09. The molecule has 0 aliphatic heterocycles. The molecule has 0 aliphatic carbocycles. The molecule has 2 aromatic rings. The van der Waals surface area contributed by atoms with Crippen LogP contribution in [0.2, 0.25) is 0 Å². The van der Waals surface area contributed by atoms with Gasteiger partial charge in [-0.05, 0) is 46.6 Å². The Morgan fingerprint density at radius 2 is 1.85 bits per heavy atom. The van der Waals surface area contributed by atoms with Gasteiger partial charge >= 0.3 is 0 Å². The van der Waals surface area contributed by atoms with Crippen LogP contribution in [-0.4, -0.2) is 12.9 Å². The lowest BCUT2D eigenvalue weighted by Gasteiger charge is -2.21. The average molecular weight is 332 g/mol. The Bertz CT molecular complexity index is 620.